The molecule has 0 aliphatic carbocycles. The molecule has 1 aliphatic rings. The summed E-state index contributed by atoms with van der Waals surface area (Å²) >= 11 is 0.921. The van der Waals surface area contributed by atoms with E-state index in [4.69, 9.17) is 0 Å². The van der Waals surface area contributed by atoms with Crippen LogP contribution in [0.2, 0.25) is 0 Å². The highest BCUT2D eigenvalue weighted by atomic mass is 32.2. The second-order valence-electron chi connectivity index (χ2n) is 3.71. The fraction of sp³-hybridized carbons (Fsp3) is 0.250. The van der Waals surface area contributed by atoms with Gasteiger partial charge in [-0.15, -0.1) is 0 Å². The first kappa shape index (κ1) is 11.9. The average Bonchev–Trinajstić information content (AvgIpc) is 2.54. The molecule has 1 aromatic rings. The van der Waals surface area contributed by atoms with Gasteiger partial charge in [-0.3, -0.25) is 14.4 Å². The maximum absolute atomic E-state index is 12.0. The van der Waals surface area contributed by atoms with Gasteiger partial charge in [-0.25, -0.2) is 4.90 Å². The Morgan fingerprint density at radius 2 is 1.94 bits per heavy atom. The van der Waals surface area contributed by atoms with Gasteiger partial charge < -0.3 is 0 Å². The van der Waals surface area contributed by atoms with Crippen LogP contribution in [0.4, 0.5) is 5.69 Å². The first-order valence-corrected chi connectivity index (χ1v) is 6.06. The molecule has 0 spiro atoms. The molecule has 1 aliphatic heterocycles. The summed E-state index contributed by atoms with van der Waals surface area (Å²) in [6.45, 7) is 1.40. The standard InChI is InChI=1S/C12H11NO3S/c1-8(14)17-10-7-11(15)13(12(10)16)9-5-3-2-4-6-9/h2-6,10H,7H2,1H3. The number of carbonyl (C=O) groups excluding carboxylic acids is 3. The summed E-state index contributed by atoms with van der Waals surface area (Å²) in [7, 11) is 0. The van der Waals surface area contributed by atoms with E-state index in [0.717, 1.165) is 16.7 Å². The average molecular weight is 249 g/mol. The number of para-hydroxylation sites is 1. The molecule has 0 bridgehead atoms. The number of anilines is 1. The number of rotatable bonds is 2. The van der Waals surface area contributed by atoms with Gasteiger partial charge in [-0.1, -0.05) is 30.0 Å². The van der Waals surface area contributed by atoms with Crippen LogP contribution in [0.15, 0.2) is 30.3 Å². The number of nitrogens with zero attached hydrogens (tertiary/aromatic N) is 1. The molecular weight excluding hydrogens is 238 g/mol. The van der Waals surface area contributed by atoms with Crippen molar-refractivity contribution in [2.24, 2.45) is 0 Å². The zero-order valence-electron chi connectivity index (χ0n) is 9.25. The van der Waals surface area contributed by atoms with Gasteiger partial charge in [-0.2, -0.15) is 0 Å². The number of thioether (sulfide) groups is 1. The molecule has 2 amide bonds. The molecule has 0 aromatic heterocycles. The molecule has 1 fully saturated rings. The third-order valence-electron chi connectivity index (χ3n) is 2.43. The highest BCUT2D eigenvalue weighted by Crippen LogP contribution is 2.29. The van der Waals surface area contributed by atoms with Gasteiger partial charge in [0, 0.05) is 13.3 Å². The molecule has 2 rings (SSSR count). The minimum atomic E-state index is -0.569. The summed E-state index contributed by atoms with van der Waals surface area (Å²) in [6.07, 6.45) is 0.0952. The molecule has 4 nitrogen and oxygen atoms in total. The van der Waals surface area contributed by atoms with Crippen molar-refractivity contribution in [1.82, 2.24) is 0 Å². The Balaban J connectivity index is 2.23. The largest absolute Gasteiger partial charge is 0.288 e. The molecule has 88 valence electrons. The van der Waals surface area contributed by atoms with E-state index in [-0.39, 0.29) is 23.4 Å². The molecule has 1 saturated heterocycles. The summed E-state index contributed by atoms with van der Waals surface area (Å²) in [5.41, 5.74) is 0.564. The van der Waals surface area contributed by atoms with Gasteiger partial charge in [0.15, 0.2) is 5.12 Å². The molecule has 0 saturated carbocycles. The van der Waals surface area contributed by atoms with E-state index in [2.05, 4.69) is 0 Å². The second kappa shape index (κ2) is 4.71. The summed E-state index contributed by atoms with van der Waals surface area (Å²) < 4.78 is 0. The van der Waals surface area contributed by atoms with E-state index >= 15 is 0 Å². The van der Waals surface area contributed by atoms with Crippen molar-refractivity contribution in [2.75, 3.05) is 4.90 Å². The van der Waals surface area contributed by atoms with Crippen molar-refractivity contribution >= 4 is 34.4 Å². The third-order valence-corrected chi connectivity index (χ3v) is 3.41. The quantitative estimate of drug-likeness (QED) is 0.747. The van der Waals surface area contributed by atoms with Gasteiger partial charge in [0.25, 0.3) is 0 Å². The van der Waals surface area contributed by atoms with Gasteiger partial charge in [0.2, 0.25) is 11.8 Å². The second-order valence-corrected chi connectivity index (χ2v) is 5.08. The van der Waals surface area contributed by atoms with Crippen LogP contribution >= 0.6 is 11.8 Å². The fourth-order valence-corrected chi connectivity index (χ4v) is 2.58. The highest BCUT2D eigenvalue weighted by Gasteiger charge is 2.40. The van der Waals surface area contributed by atoms with Crippen LogP contribution in [0.5, 0.6) is 0 Å². The number of benzene rings is 1. The number of hydrogen-bond donors (Lipinski definition) is 0. The maximum Gasteiger partial charge on any atom is 0.247 e. The number of amides is 2. The van der Waals surface area contributed by atoms with E-state index in [0.29, 0.717) is 5.69 Å². The van der Waals surface area contributed by atoms with Crippen molar-refractivity contribution in [3.8, 4) is 0 Å². The number of hydrogen-bond acceptors (Lipinski definition) is 4. The van der Waals surface area contributed by atoms with Crippen LogP contribution < -0.4 is 4.90 Å². The molecule has 1 unspecified atom stereocenters. The summed E-state index contributed by atoms with van der Waals surface area (Å²) in [4.78, 5) is 35.9. The Kier molecular flexibility index (Phi) is 3.28. The Bertz CT molecular complexity index is 472. The lowest BCUT2D eigenvalue weighted by atomic mass is 10.3. The molecule has 0 radical (unpaired) electrons. The van der Waals surface area contributed by atoms with E-state index < -0.39 is 5.25 Å². The lowest BCUT2D eigenvalue weighted by molar-refractivity contribution is -0.121. The topological polar surface area (TPSA) is 54.5 Å². The summed E-state index contributed by atoms with van der Waals surface area (Å²) in [5.74, 6) is -0.554. The zero-order chi connectivity index (χ0) is 12.4. The van der Waals surface area contributed by atoms with Crippen LogP contribution in [0.1, 0.15) is 13.3 Å². The van der Waals surface area contributed by atoms with Gasteiger partial charge in [-0.05, 0) is 12.1 Å². The highest BCUT2D eigenvalue weighted by molar-refractivity contribution is 8.14. The Morgan fingerprint density at radius 1 is 1.29 bits per heavy atom. The van der Waals surface area contributed by atoms with Crippen molar-refractivity contribution < 1.29 is 14.4 Å². The van der Waals surface area contributed by atoms with Crippen molar-refractivity contribution in [1.29, 1.82) is 0 Å². The Labute approximate surface area is 103 Å². The number of carbonyl (C=O) groups is 3. The van der Waals surface area contributed by atoms with Crippen LogP contribution in [-0.4, -0.2) is 22.2 Å². The first-order chi connectivity index (χ1) is 8.09. The Hall–Kier alpha value is -1.62. The van der Waals surface area contributed by atoms with Gasteiger partial charge in [0.05, 0.1) is 5.69 Å². The van der Waals surface area contributed by atoms with Crippen molar-refractivity contribution in [2.45, 2.75) is 18.6 Å². The van der Waals surface area contributed by atoms with Crippen molar-refractivity contribution in [3.05, 3.63) is 30.3 Å². The molecule has 1 heterocycles. The van der Waals surface area contributed by atoms with Gasteiger partial charge >= 0.3 is 0 Å². The van der Waals surface area contributed by atoms with Crippen LogP contribution in [0.25, 0.3) is 0 Å². The van der Waals surface area contributed by atoms with E-state index in [1.54, 1.807) is 24.3 Å². The molecule has 0 N–H and O–H groups in total. The molecule has 5 heteroatoms. The molecular formula is C12H11NO3S. The summed E-state index contributed by atoms with van der Waals surface area (Å²) in [6, 6.07) is 8.76. The van der Waals surface area contributed by atoms with Crippen LogP contribution in [0.3, 0.4) is 0 Å². The zero-order valence-corrected chi connectivity index (χ0v) is 10.1. The normalized spacial score (nSPS) is 19.8. The molecule has 1 atom stereocenters. The van der Waals surface area contributed by atoms with Crippen molar-refractivity contribution in [3.63, 3.8) is 0 Å². The lowest BCUT2D eigenvalue weighted by Crippen LogP contribution is -2.31. The van der Waals surface area contributed by atoms with Crippen LogP contribution in [0, 0.1) is 0 Å². The Morgan fingerprint density at radius 3 is 2.53 bits per heavy atom. The lowest BCUT2D eigenvalue weighted by Gasteiger charge is -2.14. The number of imide groups is 1. The van der Waals surface area contributed by atoms with E-state index in [1.807, 2.05) is 6.07 Å². The van der Waals surface area contributed by atoms with E-state index in [9.17, 15) is 14.4 Å². The smallest absolute Gasteiger partial charge is 0.247 e. The van der Waals surface area contributed by atoms with Gasteiger partial charge in [0.1, 0.15) is 5.25 Å². The summed E-state index contributed by atoms with van der Waals surface area (Å²) in [5, 5.41) is -0.716. The predicted molar refractivity (Wildman–Crippen MR) is 65.6 cm³/mol. The predicted octanol–water partition coefficient (Wildman–Crippen LogP) is 1.60. The SMILES string of the molecule is CC(=O)SC1CC(=O)N(c2ccccc2)C1=O. The first-order valence-electron chi connectivity index (χ1n) is 5.18. The molecule has 1 aromatic carbocycles. The minimum absolute atomic E-state index is 0.0952. The monoisotopic (exact) mass is 249 g/mol. The fourth-order valence-electron chi connectivity index (χ4n) is 1.74. The maximum atomic E-state index is 12.0. The van der Waals surface area contributed by atoms with E-state index in [1.165, 1.54) is 6.92 Å². The third kappa shape index (κ3) is 2.39. The minimum Gasteiger partial charge on any atom is -0.288 e. The molecule has 17 heavy (non-hydrogen) atoms. The van der Waals surface area contributed by atoms with Crippen LogP contribution in [-0.2, 0) is 14.4 Å².